The lowest BCUT2D eigenvalue weighted by Gasteiger charge is -2.13. The summed E-state index contributed by atoms with van der Waals surface area (Å²) in [6.45, 7) is 1.92. The highest BCUT2D eigenvalue weighted by Gasteiger charge is 2.09. The van der Waals surface area contributed by atoms with Crippen molar-refractivity contribution in [2.75, 3.05) is 22.6 Å². The normalized spacial score (nSPS) is 10.3. The maximum absolute atomic E-state index is 13.1. The van der Waals surface area contributed by atoms with Gasteiger partial charge >= 0.3 is 6.03 Å². The molecule has 3 aromatic carbocycles. The first-order valence-electron chi connectivity index (χ1n) is 9.52. The third-order valence-corrected chi connectivity index (χ3v) is 4.58. The molecule has 0 saturated carbocycles. The zero-order chi connectivity index (χ0) is 22.2. The van der Waals surface area contributed by atoms with Crippen LogP contribution in [0.2, 0.25) is 5.02 Å². The maximum atomic E-state index is 13.1. The first-order valence-corrected chi connectivity index (χ1v) is 9.90. The highest BCUT2D eigenvalue weighted by Crippen LogP contribution is 2.25. The zero-order valence-corrected chi connectivity index (χ0v) is 17.5. The first kappa shape index (κ1) is 22.1. The standard InChI is InChI=1S/C23H21ClFN3O3/c1-15-7-9-18(27-23(30)26-17-5-3-2-4-6-17)14-20(15)28-22(29)11-12-31-21-10-8-16(25)13-19(21)24/h2-10,13-14H,11-12H2,1H3,(H,28,29)(H2,26,27,30). The van der Waals surface area contributed by atoms with Crippen molar-refractivity contribution in [3.63, 3.8) is 0 Å². The summed E-state index contributed by atoms with van der Waals surface area (Å²) in [5, 5.41) is 8.41. The fourth-order valence-corrected chi connectivity index (χ4v) is 2.93. The molecule has 0 spiro atoms. The monoisotopic (exact) mass is 441 g/mol. The molecule has 0 bridgehead atoms. The van der Waals surface area contributed by atoms with E-state index >= 15 is 0 Å². The number of hydrogen-bond donors (Lipinski definition) is 3. The molecule has 0 atom stereocenters. The van der Waals surface area contributed by atoms with Crippen molar-refractivity contribution in [3.05, 3.63) is 83.1 Å². The molecule has 0 aliphatic heterocycles. The Kier molecular flexibility index (Phi) is 7.45. The van der Waals surface area contributed by atoms with Gasteiger partial charge in [-0.05, 0) is 55.0 Å². The summed E-state index contributed by atoms with van der Waals surface area (Å²) in [6, 6.07) is 17.7. The number of rotatable bonds is 7. The van der Waals surface area contributed by atoms with Crippen LogP contribution in [0, 0.1) is 12.7 Å². The molecule has 0 radical (unpaired) electrons. The van der Waals surface area contributed by atoms with Crippen LogP contribution in [-0.4, -0.2) is 18.5 Å². The number of carbonyl (C=O) groups excluding carboxylic acids is 2. The number of amides is 3. The number of benzene rings is 3. The van der Waals surface area contributed by atoms with Crippen molar-refractivity contribution in [2.24, 2.45) is 0 Å². The van der Waals surface area contributed by atoms with Crippen LogP contribution in [0.15, 0.2) is 66.7 Å². The van der Waals surface area contributed by atoms with Gasteiger partial charge in [0.25, 0.3) is 0 Å². The van der Waals surface area contributed by atoms with Crippen LogP contribution in [0.3, 0.4) is 0 Å². The Morgan fingerprint density at radius 3 is 2.42 bits per heavy atom. The van der Waals surface area contributed by atoms with Gasteiger partial charge in [-0.25, -0.2) is 9.18 Å². The number of aryl methyl sites for hydroxylation is 1. The minimum atomic E-state index is -0.462. The Labute approximate surface area is 184 Å². The second kappa shape index (κ2) is 10.4. The van der Waals surface area contributed by atoms with Gasteiger partial charge in [-0.3, -0.25) is 4.79 Å². The summed E-state index contributed by atoms with van der Waals surface area (Å²) in [5.74, 6) is -0.425. The Hall–Kier alpha value is -3.58. The van der Waals surface area contributed by atoms with Crippen molar-refractivity contribution in [2.45, 2.75) is 13.3 Å². The highest BCUT2D eigenvalue weighted by atomic mass is 35.5. The van der Waals surface area contributed by atoms with Gasteiger partial charge in [-0.1, -0.05) is 35.9 Å². The Morgan fingerprint density at radius 1 is 0.935 bits per heavy atom. The smallest absolute Gasteiger partial charge is 0.323 e. The average molecular weight is 442 g/mol. The van der Waals surface area contributed by atoms with E-state index in [0.29, 0.717) is 22.8 Å². The molecule has 3 rings (SSSR count). The minimum Gasteiger partial charge on any atom is -0.491 e. The third-order valence-electron chi connectivity index (χ3n) is 4.28. The summed E-state index contributed by atoms with van der Waals surface area (Å²) in [4.78, 5) is 24.4. The van der Waals surface area contributed by atoms with E-state index in [9.17, 15) is 14.0 Å². The number of carbonyl (C=O) groups is 2. The predicted octanol–water partition coefficient (Wildman–Crippen LogP) is 5.84. The molecular formula is C23H21ClFN3O3. The van der Waals surface area contributed by atoms with Gasteiger partial charge in [0, 0.05) is 17.1 Å². The Morgan fingerprint density at radius 2 is 1.68 bits per heavy atom. The van der Waals surface area contributed by atoms with Gasteiger partial charge in [-0.15, -0.1) is 0 Å². The number of para-hydroxylation sites is 1. The summed E-state index contributed by atoms with van der Waals surface area (Å²) in [7, 11) is 0. The van der Waals surface area contributed by atoms with E-state index in [1.807, 2.05) is 25.1 Å². The van der Waals surface area contributed by atoms with Gasteiger partial charge in [0.2, 0.25) is 5.91 Å². The van der Waals surface area contributed by atoms with Crippen LogP contribution in [-0.2, 0) is 4.79 Å². The van der Waals surface area contributed by atoms with Crippen LogP contribution >= 0.6 is 11.6 Å². The molecule has 0 aromatic heterocycles. The lowest BCUT2D eigenvalue weighted by Crippen LogP contribution is -2.20. The molecule has 8 heteroatoms. The van der Waals surface area contributed by atoms with E-state index in [0.717, 1.165) is 11.6 Å². The minimum absolute atomic E-state index is 0.0687. The molecule has 3 aromatic rings. The van der Waals surface area contributed by atoms with Crippen LogP contribution < -0.4 is 20.7 Å². The Balaban J connectivity index is 1.53. The molecular weight excluding hydrogens is 421 g/mol. The van der Waals surface area contributed by atoms with Gasteiger partial charge in [-0.2, -0.15) is 0 Å². The molecule has 0 unspecified atom stereocenters. The van der Waals surface area contributed by atoms with Gasteiger partial charge < -0.3 is 20.7 Å². The zero-order valence-electron chi connectivity index (χ0n) is 16.7. The number of halogens is 2. The van der Waals surface area contributed by atoms with Crippen LogP contribution in [0.5, 0.6) is 5.75 Å². The van der Waals surface area contributed by atoms with E-state index < -0.39 is 11.8 Å². The van der Waals surface area contributed by atoms with Gasteiger partial charge in [0.1, 0.15) is 11.6 Å². The van der Waals surface area contributed by atoms with Crippen LogP contribution in [0.25, 0.3) is 0 Å². The third kappa shape index (κ3) is 6.72. The second-order valence-corrected chi connectivity index (χ2v) is 7.10. The lowest BCUT2D eigenvalue weighted by molar-refractivity contribution is -0.116. The number of ether oxygens (including phenoxy) is 1. The summed E-state index contributed by atoms with van der Waals surface area (Å²) in [6.07, 6.45) is 0.0687. The summed E-state index contributed by atoms with van der Waals surface area (Å²) in [5.41, 5.74) is 2.61. The topological polar surface area (TPSA) is 79.5 Å². The predicted molar refractivity (Wildman–Crippen MR) is 120 cm³/mol. The molecule has 3 amide bonds. The molecule has 160 valence electrons. The van der Waals surface area contributed by atoms with E-state index in [4.69, 9.17) is 16.3 Å². The quantitative estimate of drug-likeness (QED) is 0.431. The Bertz CT molecular complexity index is 1080. The lowest BCUT2D eigenvalue weighted by atomic mass is 10.1. The average Bonchev–Trinajstić information content (AvgIpc) is 2.73. The summed E-state index contributed by atoms with van der Waals surface area (Å²) >= 11 is 5.90. The van der Waals surface area contributed by atoms with E-state index in [1.165, 1.54) is 12.1 Å². The number of anilines is 3. The molecule has 0 aliphatic carbocycles. The van der Waals surface area contributed by atoms with E-state index in [2.05, 4.69) is 16.0 Å². The van der Waals surface area contributed by atoms with Gasteiger partial charge in [0.15, 0.2) is 0 Å². The van der Waals surface area contributed by atoms with Gasteiger partial charge in [0.05, 0.1) is 18.1 Å². The van der Waals surface area contributed by atoms with Crippen molar-refractivity contribution in [1.29, 1.82) is 0 Å². The molecule has 6 nitrogen and oxygen atoms in total. The maximum Gasteiger partial charge on any atom is 0.323 e. The SMILES string of the molecule is Cc1ccc(NC(=O)Nc2ccccc2)cc1NC(=O)CCOc1ccc(F)cc1Cl. The number of urea groups is 1. The van der Waals surface area contributed by atoms with Crippen molar-refractivity contribution in [1.82, 2.24) is 0 Å². The summed E-state index contributed by atoms with van der Waals surface area (Å²) < 4.78 is 18.5. The fraction of sp³-hybridized carbons (Fsp3) is 0.130. The molecule has 0 heterocycles. The fourth-order valence-electron chi connectivity index (χ4n) is 2.71. The van der Waals surface area contributed by atoms with E-state index in [1.54, 1.807) is 30.3 Å². The number of nitrogens with one attached hydrogen (secondary N) is 3. The van der Waals surface area contributed by atoms with E-state index in [-0.39, 0.29) is 24.0 Å². The second-order valence-electron chi connectivity index (χ2n) is 6.70. The molecule has 0 fully saturated rings. The van der Waals surface area contributed by atoms with Crippen molar-refractivity contribution < 1.29 is 18.7 Å². The largest absolute Gasteiger partial charge is 0.491 e. The first-order chi connectivity index (χ1) is 14.9. The number of hydrogen-bond acceptors (Lipinski definition) is 3. The van der Waals surface area contributed by atoms with Crippen LogP contribution in [0.1, 0.15) is 12.0 Å². The molecule has 3 N–H and O–H groups in total. The molecule has 31 heavy (non-hydrogen) atoms. The molecule has 0 aliphatic rings. The van der Waals surface area contributed by atoms with Crippen molar-refractivity contribution >= 4 is 40.6 Å². The van der Waals surface area contributed by atoms with Crippen LogP contribution in [0.4, 0.5) is 26.2 Å². The van der Waals surface area contributed by atoms with Crippen molar-refractivity contribution in [3.8, 4) is 5.75 Å². The molecule has 0 saturated heterocycles. The highest BCUT2D eigenvalue weighted by molar-refractivity contribution is 6.32.